The fourth-order valence-corrected chi connectivity index (χ4v) is 7.02. The Labute approximate surface area is 192 Å². The minimum atomic E-state index is -4.02. The average Bonchev–Trinajstić information content (AvgIpc) is 3.18. The van der Waals surface area contributed by atoms with Crippen molar-refractivity contribution >= 4 is 37.4 Å². The maximum absolute atomic E-state index is 13.6. The number of hydrogen-bond acceptors (Lipinski definition) is 7. The van der Waals surface area contributed by atoms with Crippen LogP contribution in [0.5, 0.6) is 0 Å². The lowest BCUT2D eigenvalue weighted by atomic mass is 10.0. The van der Waals surface area contributed by atoms with Crippen molar-refractivity contribution in [2.24, 2.45) is 0 Å². The molecule has 4 aromatic rings. The third-order valence-electron chi connectivity index (χ3n) is 5.56. The van der Waals surface area contributed by atoms with Crippen molar-refractivity contribution in [3.05, 3.63) is 72.1 Å². The van der Waals surface area contributed by atoms with Gasteiger partial charge in [-0.05, 0) is 47.5 Å². The summed E-state index contributed by atoms with van der Waals surface area (Å²) in [6, 6.07) is 18.3. The molecular weight excluding hydrogens is 462 g/mol. The number of aryl methyl sites for hydroxylation is 1. The molecule has 168 valence electrons. The van der Waals surface area contributed by atoms with Gasteiger partial charge in [-0.3, -0.25) is 13.4 Å². The number of rotatable bonds is 3. The molecule has 0 unspecified atom stereocenters. The highest BCUT2D eigenvalue weighted by Crippen LogP contribution is 2.56. The number of anilines is 1. The van der Waals surface area contributed by atoms with Crippen LogP contribution in [0.3, 0.4) is 0 Å². The molecule has 0 aliphatic carbocycles. The highest BCUT2D eigenvalue weighted by atomic mass is 32.3. The molecule has 1 aliphatic rings. The molecule has 0 radical (unpaired) electrons. The van der Waals surface area contributed by atoms with Crippen molar-refractivity contribution < 1.29 is 21.9 Å². The Bertz CT molecular complexity index is 1540. The smallest absolute Gasteiger partial charge is 0.264 e. The van der Waals surface area contributed by atoms with E-state index in [1.807, 2.05) is 0 Å². The second-order valence-electron chi connectivity index (χ2n) is 7.68. The first-order valence-corrected chi connectivity index (χ1v) is 13.2. The summed E-state index contributed by atoms with van der Waals surface area (Å²) in [7, 11) is -7.16. The Balaban J connectivity index is 1.63. The van der Waals surface area contributed by atoms with Gasteiger partial charge in [-0.1, -0.05) is 18.2 Å². The fraction of sp³-hybridized carbons (Fsp3) is 0.130. The van der Waals surface area contributed by atoms with Gasteiger partial charge in [-0.2, -0.15) is 15.9 Å². The summed E-state index contributed by atoms with van der Waals surface area (Å²) in [5.74, 6) is 0.336. The molecule has 33 heavy (non-hydrogen) atoms. The van der Waals surface area contributed by atoms with Crippen molar-refractivity contribution in [1.29, 1.82) is 5.26 Å². The van der Waals surface area contributed by atoms with E-state index in [0.717, 1.165) is 5.56 Å². The predicted molar refractivity (Wildman–Crippen MR) is 126 cm³/mol. The van der Waals surface area contributed by atoms with Crippen LogP contribution in [0.4, 0.5) is 5.69 Å². The third-order valence-corrected chi connectivity index (χ3v) is 9.17. The first-order chi connectivity index (χ1) is 15.7. The summed E-state index contributed by atoms with van der Waals surface area (Å²) in [6.45, 7) is 1.60. The molecule has 0 fully saturated rings. The summed E-state index contributed by atoms with van der Waals surface area (Å²) < 4.78 is 55.2. The Hall–Kier alpha value is -3.36. The summed E-state index contributed by atoms with van der Waals surface area (Å²) in [4.78, 5) is 4.42. The van der Waals surface area contributed by atoms with E-state index in [2.05, 4.69) is 11.1 Å². The summed E-state index contributed by atoms with van der Waals surface area (Å²) in [5, 5.41) is 9.03. The van der Waals surface area contributed by atoms with Gasteiger partial charge in [0.05, 0.1) is 39.4 Å². The van der Waals surface area contributed by atoms with Crippen LogP contribution in [0.2, 0.25) is 0 Å². The topological polar surface area (TPSA) is 128 Å². The molecule has 3 aromatic carbocycles. The molecule has 0 saturated heterocycles. The van der Waals surface area contributed by atoms with Gasteiger partial charge >= 0.3 is 0 Å². The monoisotopic (exact) mass is 481 g/mol. The van der Waals surface area contributed by atoms with E-state index in [9.17, 15) is 17.5 Å². The zero-order chi connectivity index (χ0) is 23.4. The van der Waals surface area contributed by atoms with Crippen molar-refractivity contribution in [3.63, 3.8) is 0 Å². The number of benzene rings is 3. The lowest BCUT2D eigenvalue weighted by molar-refractivity contribution is 0.484. The average molecular weight is 482 g/mol. The SMILES string of the molecule is Cc1nc2ccc(S(=O)(=O)N3CCS(O)(O)c4ccc(-c5ccc(C#N)cc5)cc43)cc2o1. The molecule has 0 spiro atoms. The van der Waals surface area contributed by atoms with E-state index >= 15 is 0 Å². The molecule has 0 saturated carbocycles. The van der Waals surface area contributed by atoms with E-state index in [0.29, 0.717) is 28.1 Å². The predicted octanol–water partition coefficient (Wildman–Crippen LogP) is 4.99. The number of nitriles is 1. The number of fused-ring (bicyclic) bond motifs is 2. The maximum Gasteiger partial charge on any atom is 0.264 e. The van der Waals surface area contributed by atoms with Crippen LogP contribution < -0.4 is 4.31 Å². The van der Waals surface area contributed by atoms with Gasteiger partial charge in [-0.25, -0.2) is 13.4 Å². The number of nitrogens with zero attached hydrogens (tertiary/aromatic N) is 3. The maximum atomic E-state index is 13.6. The number of aromatic nitrogens is 1. The van der Waals surface area contributed by atoms with Gasteiger partial charge in [0.2, 0.25) is 0 Å². The van der Waals surface area contributed by atoms with Crippen LogP contribution in [-0.2, 0) is 10.0 Å². The number of hydrogen-bond donors (Lipinski definition) is 2. The Morgan fingerprint density at radius 3 is 2.52 bits per heavy atom. The van der Waals surface area contributed by atoms with E-state index in [1.165, 1.54) is 16.4 Å². The van der Waals surface area contributed by atoms with Crippen molar-refractivity contribution in [1.82, 2.24) is 4.98 Å². The van der Waals surface area contributed by atoms with Gasteiger partial charge in [-0.15, -0.1) is 0 Å². The van der Waals surface area contributed by atoms with Crippen LogP contribution in [0, 0.1) is 18.3 Å². The van der Waals surface area contributed by atoms with E-state index in [4.69, 9.17) is 9.68 Å². The molecule has 0 amide bonds. The number of sulfonamides is 1. The van der Waals surface area contributed by atoms with Crippen LogP contribution in [-0.4, -0.2) is 34.8 Å². The molecule has 5 rings (SSSR count). The summed E-state index contributed by atoms with van der Waals surface area (Å²) in [6.07, 6.45) is 0. The highest BCUT2D eigenvalue weighted by molar-refractivity contribution is 8.24. The van der Waals surface area contributed by atoms with Gasteiger partial charge < -0.3 is 4.42 Å². The standard InChI is InChI=1S/C23H19N3O5S2/c1-15-25-20-8-7-19(13-22(20)31-15)33(29,30)26-10-11-32(27,28)23-9-6-18(12-21(23)26)17-4-2-16(14-24)3-5-17/h2-9,12-13,27-28H,10-11H2,1H3. The molecule has 10 heteroatoms. The molecule has 1 aromatic heterocycles. The van der Waals surface area contributed by atoms with Crippen molar-refractivity contribution in [2.45, 2.75) is 16.7 Å². The van der Waals surface area contributed by atoms with Crippen LogP contribution in [0.15, 0.2) is 74.9 Å². The molecule has 2 N–H and O–H groups in total. The van der Waals surface area contributed by atoms with Crippen LogP contribution in [0.1, 0.15) is 11.5 Å². The third kappa shape index (κ3) is 3.65. The van der Waals surface area contributed by atoms with Gasteiger partial charge in [0.25, 0.3) is 10.0 Å². The molecule has 2 heterocycles. The van der Waals surface area contributed by atoms with Crippen molar-refractivity contribution in [2.75, 3.05) is 16.6 Å². The summed E-state index contributed by atoms with van der Waals surface area (Å²) in [5.41, 5.74) is 3.11. The zero-order valence-electron chi connectivity index (χ0n) is 17.5. The van der Waals surface area contributed by atoms with Crippen LogP contribution >= 0.6 is 10.6 Å². The summed E-state index contributed by atoms with van der Waals surface area (Å²) >= 11 is 0. The van der Waals surface area contributed by atoms with E-state index in [1.54, 1.807) is 55.5 Å². The van der Waals surface area contributed by atoms with E-state index in [-0.39, 0.29) is 27.8 Å². The van der Waals surface area contributed by atoms with Gasteiger partial charge in [0, 0.05) is 13.0 Å². The second kappa shape index (κ2) is 7.60. The van der Waals surface area contributed by atoms with E-state index < -0.39 is 20.6 Å². The first kappa shape index (κ1) is 21.5. The van der Waals surface area contributed by atoms with Crippen molar-refractivity contribution in [3.8, 4) is 17.2 Å². The Morgan fingerprint density at radius 2 is 1.79 bits per heavy atom. The molecule has 0 atom stereocenters. The largest absolute Gasteiger partial charge is 0.441 e. The normalized spacial score (nSPS) is 16.2. The molecule has 0 bridgehead atoms. The van der Waals surface area contributed by atoms with Crippen LogP contribution in [0.25, 0.3) is 22.2 Å². The first-order valence-electron chi connectivity index (χ1n) is 9.99. The lowest BCUT2D eigenvalue weighted by Gasteiger charge is -2.42. The highest BCUT2D eigenvalue weighted by Gasteiger charge is 2.36. The molecule has 1 aliphatic heterocycles. The molecule has 8 nitrogen and oxygen atoms in total. The zero-order valence-corrected chi connectivity index (χ0v) is 19.1. The Kier molecular flexibility index (Phi) is 4.95. The second-order valence-corrected chi connectivity index (χ2v) is 11.7. The molecular formula is C23H19N3O5S2. The minimum absolute atomic E-state index is 0.0271. The Morgan fingerprint density at radius 1 is 1.06 bits per heavy atom. The fourth-order valence-electron chi connectivity index (χ4n) is 3.90. The minimum Gasteiger partial charge on any atom is -0.441 e. The van der Waals surface area contributed by atoms with Gasteiger partial charge in [0.15, 0.2) is 11.5 Å². The van der Waals surface area contributed by atoms with Gasteiger partial charge in [0.1, 0.15) is 5.52 Å². The number of oxazole rings is 1. The quantitative estimate of drug-likeness (QED) is 0.422. The lowest BCUT2D eigenvalue weighted by Crippen LogP contribution is -2.38.